The van der Waals surface area contributed by atoms with E-state index in [1.165, 1.54) is 10.5 Å². The van der Waals surface area contributed by atoms with E-state index >= 15 is 0 Å². The number of aromatic nitrogens is 3. The molecule has 0 aliphatic carbocycles. The van der Waals surface area contributed by atoms with Gasteiger partial charge in [0.15, 0.2) is 5.82 Å². The molecule has 28 heavy (non-hydrogen) atoms. The number of nitrogens with one attached hydrogen (secondary N) is 1. The predicted molar refractivity (Wildman–Crippen MR) is 103 cm³/mol. The Morgan fingerprint density at radius 3 is 2.86 bits per heavy atom. The van der Waals surface area contributed by atoms with E-state index in [9.17, 15) is 14.4 Å². The summed E-state index contributed by atoms with van der Waals surface area (Å²) in [6.07, 6.45) is 1.63. The highest BCUT2D eigenvalue weighted by Crippen LogP contribution is 2.10. The van der Waals surface area contributed by atoms with Gasteiger partial charge < -0.3 is 14.6 Å². The fraction of sp³-hybridized carbons (Fsp3) is 0.278. The molecule has 0 aliphatic rings. The molecule has 3 aromatic rings. The van der Waals surface area contributed by atoms with Gasteiger partial charge in [0, 0.05) is 18.3 Å². The molecule has 3 rings (SSSR count). The molecule has 0 atom stereocenters. The van der Waals surface area contributed by atoms with Crippen molar-refractivity contribution in [3.05, 3.63) is 57.8 Å². The van der Waals surface area contributed by atoms with Gasteiger partial charge in [-0.05, 0) is 25.5 Å². The fourth-order valence-electron chi connectivity index (χ4n) is 2.41. The Hall–Kier alpha value is -3.14. The third-order valence-corrected chi connectivity index (χ3v) is 4.57. The van der Waals surface area contributed by atoms with Gasteiger partial charge in [-0.1, -0.05) is 11.2 Å². The normalized spacial score (nSPS) is 10.8. The summed E-state index contributed by atoms with van der Waals surface area (Å²) in [6, 6.07) is 6.54. The van der Waals surface area contributed by atoms with Crippen LogP contribution in [0.2, 0.25) is 0 Å². The van der Waals surface area contributed by atoms with Crippen LogP contribution in [0, 0.1) is 13.8 Å². The predicted octanol–water partition coefficient (Wildman–Crippen LogP) is 1.71. The third-order valence-electron chi connectivity index (χ3n) is 3.67. The Balaban J connectivity index is 1.47. The summed E-state index contributed by atoms with van der Waals surface area (Å²) in [6.45, 7) is 3.46. The molecule has 0 unspecified atom stereocenters. The highest BCUT2D eigenvalue weighted by molar-refractivity contribution is 8.00. The molecule has 1 amide bonds. The average Bonchev–Trinajstić information content (AvgIpc) is 3.05. The van der Waals surface area contributed by atoms with E-state index < -0.39 is 5.97 Å². The summed E-state index contributed by atoms with van der Waals surface area (Å²) in [4.78, 5) is 40.1. The van der Waals surface area contributed by atoms with E-state index in [0.29, 0.717) is 22.9 Å². The summed E-state index contributed by atoms with van der Waals surface area (Å²) in [5.41, 5.74) is 1.50. The van der Waals surface area contributed by atoms with E-state index in [0.717, 1.165) is 17.3 Å². The van der Waals surface area contributed by atoms with Crippen LogP contribution in [0.5, 0.6) is 0 Å². The maximum Gasteiger partial charge on any atom is 0.316 e. The number of carbonyl (C=O) groups is 2. The van der Waals surface area contributed by atoms with Crippen LogP contribution in [0.1, 0.15) is 17.0 Å². The van der Waals surface area contributed by atoms with Crippen LogP contribution in [0.3, 0.4) is 0 Å². The first-order valence-electron chi connectivity index (χ1n) is 8.37. The minimum Gasteiger partial charge on any atom is -0.459 e. The fourth-order valence-corrected chi connectivity index (χ4v) is 3.02. The molecule has 0 spiro atoms. The molecule has 146 valence electrons. The SMILES string of the molecule is Cc1cc(NC(=O)CSCC(=O)OCc2cc(=O)n3cccc(C)c3n2)no1. The molecule has 0 fully saturated rings. The number of nitrogens with zero attached hydrogens (tertiary/aromatic N) is 3. The van der Waals surface area contributed by atoms with E-state index in [1.54, 1.807) is 25.3 Å². The van der Waals surface area contributed by atoms with Crippen LogP contribution in [-0.2, 0) is 20.9 Å². The van der Waals surface area contributed by atoms with Crippen molar-refractivity contribution in [3.8, 4) is 0 Å². The topological polar surface area (TPSA) is 116 Å². The molecule has 10 heteroatoms. The number of carbonyl (C=O) groups excluding carboxylic acids is 2. The van der Waals surface area contributed by atoms with Crippen LogP contribution in [0.4, 0.5) is 5.82 Å². The molecule has 1 N–H and O–H groups in total. The third kappa shape index (κ3) is 4.97. The first kappa shape index (κ1) is 19.6. The Kier molecular flexibility index (Phi) is 6.09. The minimum absolute atomic E-state index is 0.00312. The zero-order valence-corrected chi connectivity index (χ0v) is 16.1. The van der Waals surface area contributed by atoms with Gasteiger partial charge in [-0.2, -0.15) is 0 Å². The highest BCUT2D eigenvalue weighted by Gasteiger charge is 2.11. The monoisotopic (exact) mass is 402 g/mol. The van der Waals surface area contributed by atoms with Crippen LogP contribution in [0.15, 0.2) is 39.8 Å². The lowest BCUT2D eigenvalue weighted by atomic mass is 10.3. The van der Waals surface area contributed by atoms with Crippen molar-refractivity contribution in [2.45, 2.75) is 20.5 Å². The van der Waals surface area contributed by atoms with E-state index in [2.05, 4.69) is 15.5 Å². The van der Waals surface area contributed by atoms with Gasteiger partial charge in [-0.25, -0.2) is 4.98 Å². The number of ether oxygens (including phenoxy) is 1. The van der Waals surface area contributed by atoms with Crippen LogP contribution < -0.4 is 10.9 Å². The van der Waals surface area contributed by atoms with Crippen LogP contribution in [0.25, 0.3) is 5.65 Å². The lowest BCUT2D eigenvalue weighted by Crippen LogP contribution is -2.18. The maximum atomic E-state index is 12.1. The molecule has 0 saturated heterocycles. The minimum atomic E-state index is -0.498. The summed E-state index contributed by atoms with van der Waals surface area (Å²) < 4.78 is 11.4. The van der Waals surface area contributed by atoms with Gasteiger partial charge in [0.1, 0.15) is 18.0 Å². The number of esters is 1. The van der Waals surface area contributed by atoms with E-state index in [-0.39, 0.29) is 29.6 Å². The number of pyridine rings is 1. The van der Waals surface area contributed by atoms with E-state index in [4.69, 9.17) is 9.26 Å². The zero-order valence-electron chi connectivity index (χ0n) is 15.3. The lowest BCUT2D eigenvalue weighted by molar-refractivity contribution is -0.141. The number of amides is 1. The van der Waals surface area contributed by atoms with Crippen molar-refractivity contribution >= 4 is 35.1 Å². The number of hydrogen-bond donors (Lipinski definition) is 1. The maximum absolute atomic E-state index is 12.1. The van der Waals surface area contributed by atoms with Crippen molar-refractivity contribution in [3.63, 3.8) is 0 Å². The van der Waals surface area contributed by atoms with Gasteiger partial charge in [0.05, 0.1) is 17.2 Å². The summed E-state index contributed by atoms with van der Waals surface area (Å²) >= 11 is 1.11. The Morgan fingerprint density at radius 1 is 1.29 bits per heavy atom. The van der Waals surface area contributed by atoms with Gasteiger partial charge in [-0.15, -0.1) is 11.8 Å². The van der Waals surface area contributed by atoms with Crippen LogP contribution >= 0.6 is 11.8 Å². The van der Waals surface area contributed by atoms with Crippen molar-refractivity contribution in [2.75, 3.05) is 16.8 Å². The number of aryl methyl sites for hydroxylation is 2. The Morgan fingerprint density at radius 2 is 2.11 bits per heavy atom. The number of rotatable bonds is 7. The molecule has 0 aliphatic heterocycles. The highest BCUT2D eigenvalue weighted by atomic mass is 32.2. The number of hydrogen-bond acceptors (Lipinski definition) is 8. The van der Waals surface area contributed by atoms with Gasteiger partial charge in [0.2, 0.25) is 5.91 Å². The zero-order chi connectivity index (χ0) is 20.1. The average molecular weight is 402 g/mol. The Labute approximate surface area is 164 Å². The first-order valence-corrected chi connectivity index (χ1v) is 9.52. The molecule has 9 nitrogen and oxygen atoms in total. The summed E-state index contributed by atoms with van der Waals surface area (Å²) in [5, 5.41) is 6.21. The van der Waals surface area contributed by atoms with Crippen molar-refractivity contribution in [1.29, 1.82) is 0 Å². The molecule has 3 heterocycles. The lowest BCUT2D eigenvalue weighted by Gasteiger charge is -2.07. The number of fused-ring (bicyclic) bond motifs is 1. The Bertz CT molecular complexity index is 1080. The van der Waals surface area contributed by atoms with E-state index in [1.807, 2.05) is 13.0 Å². The smallest absolute Gasteiger partial charge is 0.316 e. The molecule has 3 aromatic heterocycles. The number of anilines is 1. The van der Waals surface area contributed by atoms with Gasteiger partial charge in [0.25, 0.3) is 5.56 Å². The second-order valence-corrected chi connectivity index (χ2v) is 6.98. The largest absolute Gasteiger partial charge is 0.459 e. The van der Waals surface area contributed by atoms with Gasteiger partial charge >= 0.3 is 5.97 Å². The van der Waals surface area contributed by atoms with Crippen LogP contribution in [-0.4, -0.2) is 37.9 Å². The standard InChI is InChI=1S/C18H18N4O5S/c1-11-4-3-5-22-16(24)7-13(19-18(11)22)8-26-17(25)10-28-9-15(23)20-14-6-12(2)27-21-14/h3-7H,8-10H2,1-2H3,(H,20,21,23). The molecular weight excluding hydrogens is 384 g/mol. The number of thioether (sulfide) groups is 1. The van der Waals surface area contributed by atoms with Crippen molar-refractivity contribution in [1.82, 2.24) is 14.5 Å². The summed E-state index contributed by atoms with van der Waals surface area (Å²) in [5.74, 6) is 0.179. The van der Waals surface area contributed by atoms with Gasteiger partial charge in [-0.3, -0.25) is 18.8 Å². The van der Waals surface area contributed by atoms with Crippen molar-refractivity contribution in [2.24, 2.45) is 0 Å². The van der Waals surface area contributed by atoms with Crippen molar-refractivity contribution < 1.29 is 18.8 Å². The molecule has 0 bridgehead atoms. The summed E-state index contributed by atoms with van der Waals surface area (Å²) in [7, 11) is 0. The molecular formula is C18H18N4O5S. The first-order chi connectivity index (χ1) is 13.4. The second kappa shape index (κ2) is 8.70. The molecule has 0 saturated carbocycles. The quantitative estimate of drug-likeness (QED) is 0.594. The second-order valence-electron chi connectivity index (χ2n) is 5.99. The molecule has 0 radical (unpaired) electrons. The molecule has 0 aromatic carbocycles.